The highest BCUT2D eigenvalue weighted by Gasteiger charge is 2.12. The van der Waals surface area contributed by atoms with E-state index >= 15 is 0 Å². The molecule has 0 unspecified atom stereocenters. The van der Waals surface area contributed by atoms with Crippen molar-refractivity contribution in [2.24, 2.45) is 0 Å². The molecular weight excluding hydrogens is 348 g/mol. The summed E-state index contributed by atoms with van der Waals surface area (Å²) in [4.78, 5) is 36.0. The molecular formula is C20H20N2O5. The lowest BCUT2D eigenvalue weighted by atomic mass is 10.1. The maximum Gasteiger partial charge on any atom is 0.314 e. The molecule has 7 nitrogen and oxygen atoms in total. The predicted octanol–water partition coefficient (Wildman–Crippen LogP) is 3.38. The Bertz CT molecular complexity index is 857. The van der Waals surface area contributed by atoms with Gasteiger partial charge in [0.2, 0.25) is 0 Å². The molecule has 27 heavy (non-hydrogen) atoms. The van der Waals surface area contributed by atoms with Crippen molar-refractivity contribution in [2.45, 2.75) is 13.0 Å². The Balaban J connectivity index is 1.87. The lowest BCUT2D eigenvalue weighted by Gasteiger charge is -2.12. The van der Waals surface area contributed by atoms with E-state index in [1.165, 1.54) is 18.2 Å². The second-order valence-electron chi connectivity index (χ2n) is 6.01. The summed E-state index contributed by atoms with van der Waals surface area (Å²) >= 11 is 0. The first-order valence-corrected chi connectivity index (χ1v) is 8.23. The molecule has 0 N–H and O–H groups in total. The highest BCUT2D eigenvalue weighted by atomic mass is 16.6. The third kappa shape index (κ3) is 6.07. The minimum Gasteiger partial charge on any atom is -0.460 e. The molecule has 0 radical (unpaired) electrons. The van der Waals surface area contributed by atoms with Crippen LogP contribution in [0, 0.1) is 10.1 Å². The van der Waals surface area contributed by atoms with Crippen molar-refractivity contribution in [3.8, 4) is 0 Å². The van der Waals surface area contributed by atoms with E-state index in [1.54, 1.807) is 12.1 Å². The highest BCUT2D eigenvalue weighted by molar-refractivity contribution is 6.04. The maximum absolute atomic E-state index is 11.9. The van der Waals surface area contributed by atoms with E-state index in [2.05, 4.69) is 0 Å². The highest BCUT2D eigenvalue weighted by Crippen LogP contribution is 2.19. The van der Waals surface area contributed by atoms with Crippen LogP contribution in [0.5, 0.6) is 0 Å². The zero-order chi connectivity index (χ0) is 19.8. The van der Waals surface area contributed by atoms with Crippen molar-refractivity contribution in [1.82, 2.24) is 0 Å². The second kappa shape index (κ2) is 9.28. The van der Waals surface area contributed by atoms with Gasteiger partial charge in [0.25, 0.3) is 5.69 Å². The molecule has 0 atom stereocenters. The zero-order valence-electron chi connectivity index (χ0n) is 15.1. The van der Waals surface area contributed by atoms with Gasteiger partial charge in [-0.2, -0.15) is 0 Å². The van der Waals surface area contributed by atoms with Gasteiger partial charge in [-0.15, -0.1) is 0 Å². The van der Waals surface area contributed by atoms with Crippen molar-refractivity contribution in [3.63, 3.8) is 0 Å². The summed E-state index contributed by atoms with van der Waals surface area (Å²) < 4.78 is 5.10. The van der Waals surface area contributed by atoms with Gasteiger partial charge in [0.05, 0.1) is 10.5 Å². The van der Waals surface area contributed by atoms with Crippen LogP contribution < -0.4 is 4.90 Å². The minimum atomic E-state index is -0.649. The third-order valence-corrected chi connectivity index (χ3v) is 3.75. The molecule has 2 aromatic carbocycles. The Hall–Kier alpha value is -3.48. The summed E-state index contributed by atoms with van der Waals surface area (Å²) in [5, 5.41) is 10.9. The van der Waals surface area contributed by atoms with Gasteiger partial charge in [-0.05, 0) is 35.9 Å². The van der Waals surface area contributed by atoms with Crippen LogP contribution in [0.25, 0.3) is 6.08 Å². The van der Waals surface area contributed by atoms with Crippen LogP contribution in [-0.2, 0) is 20.9 Å². The van der Waals surface area contributed by atoms with Crippen LogP contribution in [0.3, 0.4) is 0 Å². The van der Waals surface area contributed by atoms with E-state index in [0.29, 0.717) is 5.56 Å². The number of nitro benzene ring substituents is 1. The van der Waals surface area contributed by atoms with Gasteiger partial charge in [-0.3, -0.25) is 19.7 Å². The first-order chi connectivity index (χ1) is 12.9. The number of anilines is 1. The van der Waals surface area contributed by atoms with E-state index in [0.717, 1.165) is 17.3 Å². The number of carbonyl (C=O) groups is 2. The number of para-hydroxylation sites is 1. The van der Waals surface area contributed by atoms with Gasteiger partial charge < -0.3 is 9.64 Å². The monoisotopic (exact) mass is 368 g/mol. The Morgan fingerprint density at radius 3 is 2.41 bits per heavy atom. The van der Waals surface area contributed by atoms with Crippen molar-refractivity contribution >= 4 is 29.2 Å². The van der Waals surface area contributed by atoms with Crippen LogP contribution in [0.1, 0.15) is 17.5 Å². The van der Waals surface area contributed by atoms with Crippen LogP contribution >= 0.6 is 0 Å². The van der Waals surface area contributed by atoms with E-state index < -0.39 is 23.1 Å². The summed E-state index contributed by atoms with van der Waals surface area (Å²) in [6.45, 7) is 0.0771. The number of hydrogen-bond donors (Lipinski definition) is 0. The summed E-state index contributed by atoms with van der Waals surface area (Å²) in [6, 6.07) is 13.6. The molecule has 7 heteroatoms. The maximum atomic E-state index is 11.9. The molecule has 0 aromatic heterocycles. The van der Waals surface area contributed by atoms with Crippen LogP contribution in [0.2, 0.25) is 0 Å². The third-order valence-electron chi connectivity index (χ3n) is 3.75. The largest absolute Gasteiger partial charge is 0.460 e. The molecule has 2 rings (SSSR count). The number of carbonyl (C=O) groups excluding carboxylic acids is 2. The van der Waals surface area contributed by atoms with Gasteiger partial charge in [0.1, 0.15) is 13.0 Å². The SMILES string of the molecule is CN(C)c1ccc(COC(=O)CC(=O)C=Cc2ccccc2[N+](=O)[O-])cc1. The molecule has 0 aliphatic rings. The molecule has 0 fully saturated rings. The molecule has 0 spiro atoms. The molecule has 140 valence electrons. The number of hydrogen-bond acceptors (Lipinski definition) is 6. The summed E-state index contributed by atoms with van der Waals surface area (Å²) in [5.41, 5.74) is 2.03. The van der Waals surface area contributed by atoms with Gasteiger partial charge in [-0.1, -0.05) is 24.3 Å². The number of allylic oxidation sites excluding steroid dienone is 1. The number of nitro groups is 1. The standard InChI is InChI=1S/C20H20N2O5/c1-21(2)17-10-7-15(8-11-17)14-27-20(24)13-18(23)12-9-16-5-3-4-6-19(16)22(25)26/h3-12H,13-14H2,1-2H3. The van der Waals surface area contributed by atoms with Crippen LogP contribution in [0.4, 0.5) is 11.4 Å². The zero-order valence-corrected chi connectivity index (χ0v) is 15.1. The molecule has 0 saturated carbocycles. The first-order valence-electron chi connectivity index (χ1n) is 8.23. The fourth-order valence-corrected chi connectivity index (χ4v) is 2.28. The lowest BCUT2D eigenvalue weighted by molar-refractivity contribution is -0.385. The van der Waals surface area contributed by atoms with Crippen molar-refractivity contribution in [1.29, 1.82) is 0 Å². The van der Waals surface area contributed by atoms with Gasteiger partial charge in [0, 0.05) is 25.8 Å². The summed E-state index contributed by atoms with van der Waals surface area (Å²) in [5.74, 6) is -1.13. The van der Waals surface area contributed by atoms with Crippen molar-refractivity contribution in [3.05, 3.63) is 75.8 Å². The average molecular weight is 368 g/mol. The van der Waals surface area contributed by atoms with Crippen molar-refractivity contribution in [2.75, 3.05) is 19.0 Å². The molecule has 0 aliphatic heterocycles. The number of ketones is 1. The van der Waals surface area contributed by atoms with Gasteiger partial charge in [-0.25, -0.2) is 0 Å². The summed E-state index contributed by atoms with van der Waals surface area (Å²) in [6.07, 6.45) is 2.05. The first kappa shape index (κ1) is 19.8. The average Bonchev–Trinajstić information content (AvgIpc) is 2.65. The molecule has 0 aliphatic carbocycles. The Morgan fingerprint density at radius 1 is 1.11 bits per heavy atom. The number of nitrogens with zero attached hydrogens (tertiary/aromatic N) is 2. The van der Waals surface area contributed by atoms with E-state index in [9.17, 15) is 19.7 Å². The quantitative estimate of drug-likeness (QED) is 0.233. The topological polar surface area (TPSA) is 89.8 Å². The number of rotatable bonds is 8. The lowest BCUT2D eigenvalue weighted by Crippen LogP contribution is -2.10. The number of esters is 1. The second-order valence-corrected chi connectivity index (χ2v) is 6.01. The number of benzene rings is 2. The van der Waals surface area contributed by atoms with E-state index in [-0.39, 0.29) is 12.3 Å². The molecule has 0 heterocycles. The van der Waals surface area contributed by atoms with E-state index in [1.807, 2.05) is 43.3 Å². The van der Waals surface area contributed by atoms with E-state index in [4.69, 9.17) is 4.74 Å². The van der Waals surface area contributed by atoms with Crippen LogP contribution in [-0.4, -0.2) is 30.8 Å². The Labute approximate surface area is 157 Å². The number of ether oxygens (including phenoxy) is 1. The van der Waals surface area contributed by atoms with Gasteiger partial charge in [0.15, 0.2) is 5.78 Å². The Morgan fingerprint density at radius 2 is 1.78 bits per heavy atom. The normalized spacial score (nSPS) is 10.6. The minimum absolute atomic E-state index is 0.0771. The molecule has 0 amide bonds. The fourth-order valence-electron chi connectivity index (χ4n) is 2.28. The molecule has 0 saturated heterocycles. The van der Waals surface area contributed by atoms with Crippen molar-refractivity contribution < 1.29 is 19.2 Å². The van der Waals surface area contributed by atoms with Crippen LogP contribution in [0.15, 0.2) is 54.6 Å². The fraction of sp³-hybridized carbons (Fsp3) is 0.200. The van der Waals surface area contributed by atoms with Gasteiger partial charge >= 0.3 is 5.97 Å². The smallest absolute Gasteiger partial charge is 0.314 e. The molecule has 0 bridgehead atoms. The predicted molar refractivity (Wildman–Crippen MR) is 102 cm³/mol. The summed E-state index contributed by atoms with van der Waals surface area (Å²) in [7, 11) is 3.86. The molecule has 2 aromatic rings. The Kier molecular flexibility index (Phi) is 6.82.